The minimum Gasteiger partial charge on any atom is -0.360 e. The first kappa shape index (κ1) is 22.9. The van der Waals surface area contributed by atoms with Gasteiger partial charge in [-0.2, -0.15) is 0 Å². The zero-order valence-corrected chi connectivity index (χ0v) is 20.0. The average Bonchev–Trinajstić information content (AvgIpc) is 3.08. The summed E-state index contributed by atoms with van der Waals surface area (Å²) in [6.45, 7) is 12.9. The summed E-state index contributed by atoms with van der Waals surface area (Å²) in [6.07, 6.45) is -0.890. The van der Waals surface area contributed by atoms with Gasteiger partial charge in [-0.15, -0.1) is 11.3 Å². The molecule has 0 aliphatic heterocycles. The number of Topliss-reactive ketones (excluding diaryl/α,β-unsaturated/α-hetero) is 1. The van der Waals surface area contributed by atoms with Crippen LogP contribution < -0.4 is 0 Å². The number of benzene rings is 2. The van der Waals surface area contributed by atoms with Gasteiger partial charge in [-0.25, -0.2) is 9.37 Å². The van der Waals surface area contributed by atoms with Gasteiger partial charge < -0.3 is 4.74 Å². The van der Waals surface area contributed by atoms with E-state index >= 15 is 4.39 Å². The maximum atomic E-state index is 15.5. The Kier molecular flexibility index (Phi) is 6.38. The Balaban J connectivity index is 2.45. The largest absolute Gasteiger partial charge is 0.360 e. The van der Waals surface area contributed by atoms with Gasteiger partial charge in [-0.05, 0) is 57.9 Å². The van der Waals surface area contributed by atoms with Gasteiger partial charge in [0.25, 0.3) is 0 Å². The minimum absolute atomic E-state index is 0.165. The average molecular weight is 448 g/mol. The van der Waals surface area contributed by atoms with E-state index in [1.165, 1.54) is 18.3 Å². The number of nitrogens with zero attached hydrogens (tertiary/aromatic N) is 1. The van der Waals surface area contributed by atoms with Crippen molar-refractivity contribution in [3.63, 3.8) is 0 Å². The highest BCUT2D eigenvalue weighted by Gasteiger charge is 2.32. The van der Waals surface area contributed by atoms with Crippen molar-refractivity contribution < 1.29 is 13.9 Å². The van der Waals surface area contributed by atoms with Crippen LogP contribution >= 0.6 is 22.9 Å². The number of ether oxygens (including phenoxy) is 1. The van der Waals surface area contributed by atoms with Gasteiger partial charge in [0.2, 0.25) is 0 Å². The fourth-order valence-corrected chi connectivity index (χ4v) is 4.71. The van der Waals surface area contributed by atoms with Crippen molar-refractivity contribution in [2.45, 2.75) is 66.1 Å². The van der Waals surface area contributed by atoms with E-state index in [2.05, 4.69) is 4.98 Å². The highest BCUT2D eigenvalue weighted by atomic mass is 35.5. The number of rotatable bonds is 5. The number of thiazole rings is 1. The van der Waals surface area contributed by atoms with E-state index < -0.39 is 17.5 Å². The first-order valence-electron chi connectivity index (χ1n) is 9.97. The maximum Gasteiger partial charge on any atom is 0.163 e. The molecule has 6 heteroatoms. The van der Waals surface area contributed by atoms with Crippen molar-refractivity contribution in [1.29, 1.82) is 0 Å². The highest BCUT2D eigenvalue weighted by molar-refractivity contribution is 7.19. The van der Waals surface area contributed by atoms with Crippen molar-refractivity contribution in [2.75, 3.05) is 0 Å². The van der Waals surface area contributed by atoms with Crippen LogP contribution in [-0.2, 0) is 9.53 Å². The fraction of sp³-hybridized carbons (Fsp3) is 0.417. The van der Waals surface area contributed by atoms with Gasteiger partial charge in [-0.1, -0.05) is 37.6 Å². The Bertz CT molecular complexity index is 1100. The first-order chi connectivity index (χ1) is 13.9. The summed E-state index contributed by atoms with van der Waals surface area (Å²) in [5.74, 6) is -0.404. The first-order valence-corrected chi connectivity index (χ1v) is 11.2. The second-order valence-electron chi connectivity index (χ2n) is 8.84. The summed E-state index contributed by atoms with van der Waals surface area (Å²) >= 11 is 7.58. The summed E-state index contributed by atoms with van der Waals surface area (Å²) < 4.78 is 22.4. The van der Waals surface area contributed by atoms with Gasteiger partial charge in [-0.3, -0.25) is 4.79 Å². The lowest BCUT2D eigenvalue weighted by Gasteiger charge is -2.29. The van der Waals surface area contributed by atoms with Crippen LogP contribution in [0.2, 0.25) is 5.02 Å². The van der Waals surface area contributed by atoms with E-state index in [1.54, 1.807) is 19.1 Å². The lowest BCUT2D eigenvalue weighted by molar-refractivity contribution is -0.138. The van der Waals surface area contributed by atoms with Crippen molar-refractivity contribution >= 4 is 38.9 Å². The monoisotopic (exact) mass is 447 g/mol. The summed E-state index contributed by atoms with van der Waals surface area (Å²) in [7, 11) is 0. The van der Waals surface area contributed by atoms with Gasteiger partial charge in [0.15, 0.2) is 11.6 Å². The molecule has 3 rings (SSSR count). The molecule has 0 spiro atoms. The number of aromatic nitrogens is 1. The number of hydrogen-bond acceptors (Lipinski definition) is 4. The zero-order valence-electron chi connectivity index (χ0n) is 18.4. The van der Waals surface area contributed by atoms with E-state index in [0.29, 0.717) is 21.7 Å². The van der Waals surface area contributed by atoms with Crippen LogP contribution in [0.1, 0.15) is 69.7 Å². The Labute approximate surface area is 186 Å². The molecule has 1 unspecified atom stereocenters. The molecule has 1 heterocycles. The molecule has 3 nitrogen and oxygen atoms in total. The second kappa shape index (κ2) is 8.37. The normalized spacial score (nSPS) is 13.3. The fourth-order valence-electron chi connectivity index (χ4n) is 3.44. The van der Waals surface area contributed by atoms with Crippen LogP contribution in [0.3, 0.4) is 0 Å². The number of carbonyl (C=O) groups is 1. The van der Waals surface area contributed by atoms with Crippen LogP contribution in [0.5, 0.6) is 0 Å². The van der Waals surface area contributed by atoms with Gasteiger partial charge >= 0.3 is 0 Å². The van der Waals surface area contributed by atoms with Gasteiger partial charge in [0.1, 0.15) is 11.6 Å². The molecule has 0 fully saturated rings. The smallest absolute Gasteiger partial charge is 0.163 e. The Hall–Kier alpha value is -1.82. The molecule has 0 amide bonds. The van der Waals surface area contributed by atoms with E-state index in [4.69, 9.17) is 16.3 Å². The molecule has 30 heavy (non-hydrogen) atoms. The van der Waals surface area contributed by atoms with Crippen LogP contribution in [0.4, 0.5) is 4.39 Å². The van der Waals surface area contributed by atoms with Crippen LogP contribution in [-0.4, -0.2) is 16.4 Å². The number of hydrogen-bond donors (Lipinski definition) is 0. The lowest BCUT2D eigenvalue weighted by Crippen LogP contribution is -2.27. The molecule has 2 aromatic carbocycles. The van der Waals surface area contributed by atoms with Crippen LogP contribution in [0, 0.1) is 12.7 Å². The number of carbonyl (C=O) groups excluding carboxylic acids is 1. The summed E-state index contributed by atoms with van der Waals surface area (Å²) in [6, 6.07) is 7.37. The molecule has 0 N–H and O–H groups in total. The standard InChI is InChI=1S/C24H27ClFNO2S/c1-12(2)23-27-20-19(26)13(3)17(21(14(4)28)29-24(5,6)7)18(22(20)30-23)15-8-10-16(25)11-9-15/h8-12,21H,1-7H3. The Morgan fingerprint density at radius 2 is 1.80 bits per heavy atom. The van der Waals surface area contributed by atoms with Crippen molar-refractivity contribution in [2.24, 2.45) is 0 Å². The predicted molar refractivity (Wildman–Crippen MR) is 123 cm³/mol. The third kappa shape index (κ3) is 4.43. The third-order valence-corrected chi connectivity index (χ3v) is 6.44. The second-order valence-corrected chi connectivity index (χ2v) is 10.3. The molecule has 1 aromatic heterocycles. The molecule has 0 aliphatic carbocycles. The van der Waals surface area contributed by atoms with Crippen molar-refractivity contribution in [1.82, 2.24) is 4.98 Å². The minimum atomic E-state index is -0.890. The molecule has 0 saturated heterocycles. The predicted octanol–water partition coefficient (Wildman–Crippen LogP) is 7.63. The number of ketones is 1. The Morgan fingerprint density at radius 3 is 2.30 bits per heavy atom. The van der Waals surface area contributed by atoms with E-state index in [-0.39, 0.29) is 11.7 Å². The quantitative estimate of drug-likeness (QED) is 0.403. The summed E-state index contributed by atoms with van der Waals surface area (Å²) in [5.41, 5.74) is 2.34. The molecule has 0 aliphatic rings. The van der Waals surface area contributed by atoms with Crippen molar-refractivity contribution in [3.05, 3.63) is 51.2 Å². The molecular formula is C24H27ClFNO2S. The highest BCUT2D eigenvalue weighted by Crippen LogP contribution is 2.45. The zero-order chi connectivity index (χ0) is 22.4. The SMILES string of the molecule is CC(=O)C(OC(C)(C)C)c1c(C)c(F)c2nc(C(C)C)sc2c1-c1ccc(Cl)cc1. The molecule has 0 radical (unpaired) electrons. The van der Waals surface area contributed by atoms with Crippen LogP contribution in [0.25, 0.3) is 21.3 Å². The van der Waals surface area contributed by atoms with E-state index in [1.807, 2.05) is 46.8 Å². The van der Waals surface area contributed by atoms with E-state index in [9.17, 15) is 4.79 Å². The molecule has 0 bridgehead atoms. The molecular weight excluding hydrogens is 421 g/mol. The van der Waals surface area contributed by atoms with Crippen LogP contribution in [0.15, 0.2) is 24.3 Å². The molecule has 3 aromatic rings. The summed E-state index contributed by atoms with van der Waals surface area (Å²) in [4.78, 5) is 17.3. The maximum absolute atomic E-state index is 15.5. The number of fused-ring (bicyclic) bond motifs is 1. The third-order valence-electron chi connectivity index (χ3n) is 4.81. The molecule has 1 atom stereocenters. The van der Waals surface area contributed by atoms with Gasteiger partial charge in [0.05, 0.1) is 15.3 Å². The molecule has 160 valence electrons. The van der Waals surface area contributed by atoms with Gasteiger partial charge in [0, 0.05) is 22.1 Å². The topological polar surface area (TPSA) is 39.2 Å². The summed E-state index contributed by atoms with van der Waals surface area (Å²) in [5, 5.41) is 1.46. The van der Waals surface area contributed by atoms with Crippen molar-refractivity contribution in [3.8, 4) is 11.1 Å². The lowest BCUT2D eigenvalue weighted by atomic mass is 9.89. The molecule has 0 saturated carbocycles. The van der Waals surface area contributed by atoms with E-state index in [0.717, 1.165) is 20.8 Å². The Morgan fingerprint density at radius 1 is 1.20 bits per heavy atom. The number of halogens is 2.